The molecule has 0 amide bonds. The van der Waals surface area contributed by atoms with Crippen molar-refractivity contribution in [1.29, 1.82) is 0 Å². The van der Waals surface area contributed by atoms with Crippen LogP contribution in [0.3, 0.4) is 0 Å². The van der Waals surface area contributed by atoms with Crippen molar-refractivity contribution in [2.45, 2.75) is 13.1 Å². The van der Waals surface area contributed by atoms with E-state index in [-0.39, 0.29) is 5.56 Å². The summed E-state index contributed by atoms with van der Waals surface area (Å²) >= 11 is 3.36. The van der Waals surface area contributed by atoms with Crippen LogP contribution in [0.25, 0.3) is 0 Å². The molecule has 0 unspecified atom stereocenters. The van der Waals surface area contributed by atoms with Crippen molar-refractivity contribution in [2.75, 3.05) is 0 Å². The van der Waals surface area contributed by atoms with Gasteiger partial charge in [-0.25, -0.2) is 0 Å². The molecular weight excluding hydrogens is 280 g/mol. The Kier molecular flexibility index (Phi) is 3.76. The van der Waals surface area contributed by atoms with Crippen molar-refractivity contribution in [3.05, 3.63) is 68.5 Å². The molecule has 0 spiro atoms. The van der Waals surface area contributed by atoms with Gasteiger partial charge in [0, 0.05) is 23.3 Å². The Morgan fingerprint density at radius 3 is 2.35 bits per heavy atom. The van der Waals surface area contributed by atoms with Gasteiger partial charge in [0.25, 0.3) is 5.56 Å². The molecule has 0 aliphatic rings. The predicted octanol–water partition coefficient (Wildman–Crippen LogP) is 2.12. The quantitative estimate of drug-likeness (QED) is 0.942. The van der Waals surface area contributed by atoms with Gasteiger partial charge in [-0.05, 0) is 33.1 Å². The minimum absolute atomic E-state index is 0.00361. The number of nitrogens with zero attached hydrogens (tertiary/aromatic N) is 1. The van der Waals surface area contributed by atoms with E-state index in [0.717, 1.165) is 15.6 Å². The van der Waals surface area contributed by atoms with Crippen LogP contribution in [0.1, 0.15) is 11.1 Å². The predicted molar refractivity (Wildman–Crippen MR) is 71.8 cm³/mol. The minimum atomic E-state index is -0.00361. The van der Waals surface area contributed by atoms with Crippen LogP contribution in [-0.4, -0.2) is 4.57 Å². The first kappa shape index (κ1) is 12.1. The molecule has 88 valence electrons. The Hall–Kier alpha value is -1.39. The number of rotatable bonds is 3. The van der Waals surface area contributed by atoms with Crippen LogP contribution in [0.2, 0.25) is 0 Å². The van der Waals surface area contributed by atoms with Crippen molar-refractivity contribution in [2.24, 2.45) is 5.73 Å². The van der Waals surface area contributed by atoms with Gasteiger partial charge in [-0.15, -0.1) is 0 Å². The highest BCUT2D eigenvalue weighted by atomic mass is 79.9. The number of pyridine rings is 1. The third-order valence-corrected chi connectivity index (χ3v) is 3.03. The Morgan fingerprint density at radius 1 is 1.06 bits per heavy atom. The first-order valence-electron chi connectivity index (χ1n) is 5.33. The molecule has 2 N–H and O–H groups in total. The molecule has 0 aliphatic heterocycles. The molecule has 0 saturated heterocycles. The molecule has 3 nitrogen and oxygen atoms in total. The van der Waals surface area contributed by atoms with Gasteiger partial charge < -0.3 is 10.3 Å². The molecule has 0 fully saturated rings. The molecule has 0 radical (unpaired) electrons. The van der Waals surface area contributed by atoms with Crippen molar-refractivity contribution in [3.63, 3.8) is 0 Å². The first-order chi connectivity index (χ1) is 8.19. The van der Waals surface area contributed by atoms with Gasteiger partial charge >= 0.3 is 0 Å². The van der Waals surface area contributed by atoms with Crippen LogP contribution in [0, 0.1) is 0 Å². The fourth-order valence-electron chi connectivity index (χ4n) is 1.60. The first-order valence-corrected chi connectivity index (χ1v) is 6.12. The van der Waals surface area contributed by atoms with Crippen molar-refractivity contribution < 1.29 is 0 Å². The number of hydrogen-bond donors (Lipinski definition) is 1. The Morgan fingerprint density at radius 2 is 1.71 bits per heavy atom. The third-order valence-electron chi connectivity index (χ3n) is 2.56. The second-order valence-corrected chi connectivity index (χ2v) is 4.75. The summed E-state index contributed by atoms with van der Waals surface area (Å²) in [6.45, 7) is 1.11. The standard InChI is InChI=1S/C13H13BrN2O/c14-12-5-6-13(17)16(9-12)8-11-3-1-10(7-15)2-4-11/h1-6,9H,7-8,15H2. The number of benzene rings is 1. The van der Waals surface area contributed by atoms with E-state index in [9.17, 15) is 4.79 Å². The van der Waals surface area contributed by atoms with Crippen LogP contribution in [0.5, 0.6) is 0 Å². The van der Waals surface area contributed by atoms with Gasteiger partial charge in [0.05, 0.1) is 6.54 Å². The van der Waals surface area contributed by atoms with Gasteiger partial charge in [-0.1, -0.05) is 24.3 Å². The Labute approximate surface area is 108 Å². The second kappa shape index (κ2) is 5.29. The van der Waals surface area contributed by atoms with Crippen LogP contribution in [0.15, 0.2) is 51.9 Å². The highest BCUT2D eigenvalue weighted by Crippen LogP contribution is 2.08. The maximum Gasteiger partial charge on any atom is 0.250 e. The third kappa shape index (κ3) is 3.05. The molecule has 0 bridgehead atoms. The summed E-state index contributed by atoms with van der Waals surface area (Å²) in [5, 5.41) is 0. The molecule has 1 aromatic heterocycles. The summed E-state index contributed by atoms with van der Waals surface area (Å²) in [7, 11) is 0. The van der Waals surface area contributed by atoms with Gasteiger partial charge in [0.1, 0.15) is 0 Å². The molecule has 0 atom stereocenters. The highest BCUT2D eigenvalue weighted by molar-refractivity contribution is 9.10. The molecule has 2 rings (SSSR count). The monoisotopic (exact) mass is 292 g/mol. The summed E-state index contributed by atoms with van der Waals surface area (Å²) in [6.07, 6.45) is 1.79. The SMILES string of the molecule is NCc1ccc(Cn2cc(Br)ccc2=O)cc1. The summed E-state index contributed by atoms with van der Waals surface area (Å²) < 4.78 is 2.57. The minimum Gasteiger partial charge on any atom is -0.326 e. The van der Waals surface area contributed by atoms with E-state index in [0.29, 0.717) is 13.1 Å². The molecule has 1 heterocycles. The van der Waals surface area contributed by atoms with Gasteiger partial charge in [-0.3, -0.25) is 4.79 Å². The van der Waals surface area contributed by atoms with E-state index in [4.69, 9.17) is 5.73 Å². The van der Waals surface area contributed by atoms with E-state index in [1.165, 1.54) is 0 Å². The van der Waals surface area contributed by atoms with Crippen molar-refractivity contribution in [1.82, 2.24) is 4.57 Å². The highest BCUT2D eigenvalue weighted by Gasteiger charge is 1.99. The van der Waals surface area contributed by atoms with Gasteiger partial charge in [-0.2, -0.15) is 0 Å². The normalized spacial score (nSPS) is 10.5. The zero-order valence-electron chi connectivity index (χ0n) is 9.27. The summed E-state index contributed by atoms with van der Waals surface area (Å²) in [4.78, 5) is 11.6. The maximum atomic E-state index is 11.6. The zero-order chi connectivity index (χ0) is 12.3. The molecule has 0 aliphatic carbocycles. The van der Waals surface area contributed by atoms with E-state index in [1.807, 2.05) is 24.3 Å². The Balaban J connectivity index is 2.25. The Bertz CT molecular complexity index is 560. The summed E-state index contributed by atoms with van der Waals surface area (Å²) in [5.41, 5.74) is 7.71. The lowest BCUT2D eigenvalue weighted by atomic mass is 10.1. The number of aromatic nitrogens is 1. The molecule has 17 heavy (non-hydrogen) atoms. The lowest BCUT2D eigenvalue weighted by Gasteiger charge is -2.06. The number of halogens is 1. The average Bonchev–Trinajstić information content (AvgIpc) is 2.35. The molecular formula is C13H13BrN2O. The lowest BCUT2D eigenvalue weighted by Crippen LogP contribution is -2.18. The smallest absolute Gasteiger partial charge is 0.250 e. The van der Waals surface area contributed by atoms with E-state index in [1.54, 1.807) is 22.9 Å². The fourth-order valence-corrected chi connectivity index (χ4v) is 1.98. The fraction of sp³-hybridized carbons (Fsp3) is 0.154. The van der Waals surface area contributed by atoms with E-state index in [2.05, 4.69) is 15.9 Å². The van der Waals surface area contributed by atoms with Gasteiger partial charge in [0.2, 0.25) is 0 Å². The van der Waals surface area contributed by atoms with Crippen LogP contribution in [-0.2, 0) is 13.1 Å². The topological polar surface area (TPSA) is 48.0 Å². The summed E-state index contributed by atoms with van der Waals surface area (Å²) in [5.74, 6) is 0. The van der Waals surface area contributed by atoms with Crippen molar-refractivity contribution >= 4 is 15.9 Å². The van der Waals surface area contributed by atoms with Crippen LogP contribution in [0.4, 0.5) is 0 Å². The summed E-state index contributed by atoms with van der Waals surface area (Å²) in [6, 6.07) is 11.3. The number of nitrogens with two attached hydrogens (primary N) is 1. The van der Waals surface area contributed by atoms with Crippen LogP contribution < -0.4 is 11.3 Å². The van der Waals surface area contributed by atoms with Gasteiger partial charge in [0.15, 0.2) is 0 Å². The average molecular weight is 293 g/mol. The molecule has 2 aromatic rings. The van der Waals surface area contributed by atoms with E-state index < -0.39 is 0 Å². The van der Waals surface area contributed by atoms with Crippen LogP contribution >= 0.6 is 15.9 Å². The lowest BCUT2D eigenvalue weighted by molar-refractivity contribution is 0.756. The largest absolute Gasteiger partial charge is 0.326 e. The molecule has 1 aromatic carbocycles. The molecule has 0 saturated carbocycles. The van der Waals surface area contributed by atoms with E-state index >= 15 is 0 Å². The maximum absolute atomic E-state index is 11.6. The molecule has 4 heteroatoms. The number of hydrogen-bond acceptors (Lipinski definition) is 2. The zero-order valence-corrected chi connectivity index (χ0v) is 10.9. The van der Waals surface area contributed by atoms with Crippen molar-refractivity contribution in [3.8, 4) is 0 Å². The second-order valence-electron chi connectivity index (χ2n) is 3.83.